The van der Waals surface area contributed by atoms with Crippen molar-refractivity contribution in [2.75, 3.05) is 20.6 Å². The first kappa shape index (κ1) is 12.9. The summed E-state index contributed by atoms with van der Waals surface area (Å²) < 4.78 is 0. The Bertz CT molecular complexity index is 122. The Balaban J connectivity index is 4.20. The van der Waals surface area contributed by atoms with Gasteiger partial charge in [0.05, 0.1) is 0 Å². The van der Waals surface area contributed by atoms with Crippen LogP contribution >= 0.6 is 0 Å². The Morgan fingerprint density at radius 2 is 1.23 bits per heavy atom. The Kier molecular flexibility index (Phi) is 5.57. The molecule has 0 radical (unpaired) electrons. The lowest BCUT2D eigenvalue weighted by atomic mass is 10.1. The molecule has 0 amide bonds. The fourth-order valence-electron chi connectivity index (χ4n) is 2.24. The third kappa shape index (κ3) is 4.63. The van der Waals surface area contributed by atoms with E-state index < -0.39 is 0 Å². The van der Waals surface area contributed by atoms with E-state index in [-0.39, 0.29) is 0 Å². The van der Waals surface area contributed by atoms with E-state index in [0.717, 1.165) is 6.54 Å². The standard InChI is InChI=1S/C11H26N2/c1-9(2)13(10(3)4)11(5)8-12(6)7/h9-11H,8H2,1-7H3. The molecule has 0 spiro atoms. The maximum atomic E-state index is 2.56. The van der Waals surface area contributed by atoms with Crippen molar-refractivity contribution in [2.24, 2.45) is 0 Å². The summed E-state index contributed by atoms with van der Waals surface area (Å²) in [7, 11) is 4.27. The molecule has 0 aromatic heterocycles. The largest absolute Gasteiger partial charge is 0.308 e. The Labute approximate surface area is 83.9 Å². The minimum atomic E-state index is 0.634. The molecule has 0 aliphatic carbocycles. The zero-order valence-electron chi connectivity index (χ0n) is 10.3. The van der Waals surface area contributed by atoms with Gasteiger partial charge in [-0.3, -0.25) is 4.90 Å². The summed E-state index contributed by atoms with van der Waals surface area (Å²) in [5, 5.41) is 0. The van der Waals surface area contributed by atoms with Crippen LogP contribution in [0.1, 0.15) is 34.6 Å². The molecule has 2 nitrogen and oxygen atoms in total. The lowest BCUT2D eigenvalue weighted by Crippen LogP contribution is -2.47. The molecule has 0 heterocycles. The lowest BCUT2D eigenvalue weighted by Gasteiger charge is -2.37. The Morgan fingerprint density at radius 1 is 0.846 bits per heavy atom. The molecule has 0 aliphatic rings. The normalized spacial score (nSPS) is 15.0. The van der Waals surface area contributed by atoms with Crippen molar-refractivity contribution in [3.05, 3.63) is 0 Å². The van der Waals surface area contributed by atoms with E-state index in [1.165, 1.54) is 0 Å². The van der Waals surface area contributed by atoms with Gasteiger partial charge in [0.25, 0.3) is 0 Å². The Hall–Kier alpha value is -0.0800. The van der Waals surface area contributed by atoms with Crippen molar-refractivity contribution in [1.29, 1.82) is 0 Å². The van der Waals surface area contributed by atoms with Crippen LogP contribution in [0, 0.1) is 0 Å². The highest BCUT2D eigenvalue weighted by molar-refractivity contribution is 4.75. The second kappa shape index (κ2) is 5.61. The molecule has 2 heteroatoms. The molecule has 0 rings (SSSR count). The summed E-state index contributed by atoms with van der Waals surface area (Å²) in [4.78, 5) is 4.81. The second-order valence-corrected chi connectivity index (χ2v) is 4.75. The van der Waals surface area contributed by atoms with Crippen molar-refractivity contribution in [1.82, 2.24) is 9.80 Å². The van der Waals surface area contributed by atoms with E-state index in [0.29, 0.717) is 18.1 Å². The topological polar surface area (TPSA) is 6.48 Å². The zero-order chi connectivity index (χ0) is 10.6. The molecule has 0 aliphatic heterocycles. The summed E-state index contributed by atoms with van der Waals surface area (Å²) in [6.07, 6.45) is 0. The highest BCUT2D eigenvalue weighted by Gasteiger charge is 2.19. The van der Waals surface area contributed by atoms with Crippen LogP contribution in [0.4, 0.5) is 0 Å². The van der Waals surface area contributed by atoms with Crippen molar-refractivity contribution >= 4 is 0 Å². The summed E-state index contributed by atoms with van der Waals surface area (Å²) in [6.45, 7) is 12.5. The fraction of sp³-hybridized carbons (Fsp3) is 1.00. The highest BCUT2D eigenvalue weighted by Crippen LogP contribution is 2.10. The minimum Gasteiger partial charge on any atom is -0.308 e. The van der Waals surface area contributed by atoms with Crippen molar-refractivity contribution in [2.45, 2.75) is 52.7 Å². The molecule has 13 heavy (non-hydrogen) atoms. The van der Waals surface area contributed by atoms with E-state index >= 15 is 0 Å². The van der Waals surface area contributed by atoms with Crippen LogP contribution in [0.2, 0.25) is 0 Å². The lowest BCUT2D eigenvalue weighted by molar-refractivity contribution is 0.103. The van der Waals surface area contributed by atoms with Gasteiger partial charge < -0.3 is 4.90 Å². The van der Waals surface area contributed by atoms with Crippen LogP contribution < -0.4 is 0 Å². The van der Waals surface area contributed by atoms with Gasteiger partial charge in [-0.05, 0) is 48.7 Å². The summed E-state index contributed by atoms with van der Waals surface area (Å²) in [6, 6.07) is 1.90. The van der Waals surface area contributed by atoms with Crippen LogP contribution in [0.3, 0.4) is 0 Å². The molecule has 1 unspecified atom stereocenters. The van der Waals surface area contributed by atoms with Gasteiger partial charge in [-0.2, -0.15) is 0 Å². The zero-order valence-corrected chi connectivity index (χ0v) is 10.3. The molecule has 1 atom stereocenters. The number of nitrogens with zero attached hydrogens (tertiary/aromatic N) is 2. The molecule has 0 fully saturated rings. The molecule has 0 N–H and O–H groups in total. The summed E-state index contributed by atoms with van der Waals surface area (Å²) in [5.41, 5.74) is 0. The quantitative estimate of drug-likeness (QED) is 0.648. The van der Waals surface area contributed by atoms with E-state index in [1.807, 2.05) is 0 Å². The maximum absolute atomic E-state index is 2.56. The number of hydrogen-bond acceptors (Lipinski definition) is 2. The molecule has 0 saturated heterocycles. The van der Waals surface area contributed by atoms with E-state index in [9.17, 15) is 0 Å². The number of likely N-dealkylation sites (N-methyl/N-ethyl adjacent to an activating group) is 1. The molecule has 0 aromatic rings. The van der Waals surface area contributed by atoms with Crippen molar-refractivity contribution in [3.63, 3.8) is 0 Å². The van der Waals surface area contributed by atoms with E-state index in [4.69, 9.17) is 0 Å². The van der Waals surface area contributed by atoms with E-state index in [2.05, 4.69) is 58.5 Å². The van der Waals surface area contributed by atoms with Gasteiger partial charge in [-0.15, -0.1) is 0 Å². The predicted octanol–water partition coefficient (Wildman–Crippen LogP) is 2.06. The van der Waals surface area contributed by atoms with Gasteiger partial charge in [-0.25, -0.2) is 0 Å². The first-order valence-corrected chi connectivity index (χ1v) is 5.28. The Morgan fingerprint density at radius 3 is 1.46 bits per heavy atom. The van der Waals surface area contributed by atoms with Gasteiger partial charge in [0.15, 0.2) is 0 Å². The fourth-order valence-corrected chi connectivity index (χ4v) is 2.24. The van der Waals surface area contributed by atoms with Gasteiger partial charge >= 0.3 is 0 Å². The average molecular weight is 186 g/mol. The third-order valence-electron chi connectivity index (χ3n) is 2.33. The summed E-state index contributed by atoms with van der Waals surface area (Å²) in [5.74, 6) is 0. The van der Waals surface area contributed by atoms with Crippen LogP contribution in [-0.4, -0.2) is 48.6 Å². The van der Waals surface area contributed by atoms with Gasteiger partial charge in [0.1, 0.15) is 0 Å². The third-order valence-corrected chi connectivity index (χ3v) is 2.33. The summed E-state index contributed by atoms with van der Waals surface area (Å²) >= 11 is 0. The van der Waals surface area contributed by atoms with Crippen LogP contribution in [0.15, 0.2) is 0 Å². The minimum absolute atomic E-state index is 0.634. The molecule has 0 saturated carbocycles. The molecule has 0 aromatic carbocycles. The van der Waals surface area contributed by atoms with Crippen LogP contribution in [0.25, 0.3) is 0 Å². The van der Waals surface area contributed by atoms with Gasteiger partial charge in [0, 0.05) is 24.7 Å². The van der Waals surface area contributed by atoms with Crippen molar-refractivity contribution < 1.29 is 0 Å². The highest BCUT2D eigenvalue weighted by atomic mass is 15.2. The van der Waals surface area contributed by atoms with Gasteiger partial charge in [-0.1, -0.05) is 0 Å². The van der Waals surface area contributed by atoms with Gasteiger partial charge in [0.2, 0.25) is 0 Å². The van der Waals surface area contributed by atoms with Crippen molar-refractivity contribution in [3.8, 4) is 0 Å². The second-order valence-electron chi connectivity index (χ2n) is 4.75. The first-order chi connectivity index (χ1) is 5.86. The van der Waals surface area contributed by atoms with E-state index in [1.54, 1.807) is 0 Å². The smallest absolute Gasteiger partial charge is 0.0200 e. The monoisotopic (exact) mass is 186 g/mol. The number of hydrogen-bond donors (Lipinski definition) is 0. The SMILES string of the molecule is CC(C)N(C(C)C)C(C)CN(C)C. The molecular formula is C11H26N2. The average Bonchev–Trinajstić information content (AvgIpc) is 1.81. The molecular weight excluding hydrogens is 160 g/mol. The number of rotatable bonds is 5. The predicted molar refractivity (Wildman–Crippen MR) is 60.1 cm³/mol. The molecule has 80 valence electrons. The first-order valence-electron chi connectivity index (χ1n) is 5.28. The van der Waals surface area contributed by atoms with Crippen LogP contribution in [0.5, 0.6) is 0 Å². The van der Waals surface area contributed by atoms with Crippen LogP contribution in [-0.2, 0) is 0 Å². The maximum Gasteiger partial charge on any atom is 0.0200 e. The molecule has 0 bridgehead atoms.